The third-order valence-electron chi connectivity index (χ3n) is 7.43. The van der Waals surface area contributed by atoms with Crippen LogP contribution < -0.4 is 10.6 Å². The van der Waals surface area contributed by atoms with Gasteiger partial charge in [0.1, 0.15) is 0 Å². The van der Waals surface area contributed by atoms with E-state index in [1.807, 2.05) is 17.0 Å². The van der Waals surface area contributed by atoms with E-state index in [2.05, 4.69) is 54.0 Å². The average Bonchev–Trinajstić information content (AvgIpc) is 3.12. The van der Waals surface area contributed by atoms with Gasteiger partial charge in [-0.05, 0) is 73.3 Å². The van der Waals surface area contributed by atoms with Gasteiger partial charge in [-0.3, -0.25) is 4.90 Å². The highest BCUT2D eigenvalue weighted by molar-refractivity contribution is 7.80. The minimum Gasteiger partial charge on any atom is -0.391 e. The molecule has 2 aromatic rings. The lowest BCUT2D eigenvalue weighted by atomic mass is 9.97. The first-order valence-corrected chi connectivity index (χ1v) is 13.4. The van der Waals surface area contributed by atoms with E-state index < -0.39 is 24.4 Å². The van der Waals surface area contributed by atoms with Crippen molar-refractivity contribution >= 4 is 23.0 Å². The van der Waals surface area contributed by atoms with Gasteiger partial charge in [-0.2, -0.15) is 0 Å². The number of rotatable bonds is 9. The number of aliphatic hydroxyl groups excluding tert-OH is 3. The molecule has 2 aromatic carbocycles. The summed E-state index contributed by atoms with van der Waals surface area (Å²) in [5, 5.41) is 38.0. The van der Waals surface area contributed by atoms with Crippen LogP contribution in [0.1, 0.15) is 51.0 Å². The van der Waals surface area contributed by atoms with Gasteiger partial charge in [-0.1, -0.05) is 62.6 Å². The molecule has 0 radical (unpaired) electrons. The molecule has 0 spiro atoms. The summed E-state index contributed by atoms with van der Waals surface area (Å²) in [6, 6.07) is 16.3. The van der Waals surface area contributed by atoms with Crippen molar-refractivity contribution in [2.45, 2.75) is 82.3 Å². The minimum absolute atomic E-state index is 0.290. The summed E-state index contributed by atoms with van der Waals surface area (Å²) in [7, 11) is 0. The Balaban J connectivity index is 1.27. The smallest absolute Gasteiger partial charge is 0.170 e. The van der Waals surface area contributed by atoms with E-state index in [4.69, 9.17) is 12.2 Å². The van der Waals surface area contributed by atoms with Crippen LogP contribution >= 0.6 is 12.2 Å². The van der Waals surface area contributed by atoms with Gasteiger partial charge in [0.15, 0.2) is 5.11 Å². The molecule has 2 aliphatic heterocycles. The Labute approximate surface area is 214 Å². The second-order valence-corrected chi connectivity index (χ2v) is 10.3. The molecule has 5 atom stereocenters. The van der Waals surface area contributed by atoms with Crippen molar-refractivity contribution in [1.82, 2.24) is 10.2 Å². The molecule has 0 saturated carbocycles. The van der Waals surface area contributed by atoms with Crippen molar-refractivity contribution in [3.8, 4) is 11.1 Å². The number of aryl methyl sites for hydroxylation is 1. The molecular formula is C28H39N3O3S. The molecule has 0 amide bonds. The second-order valence-electron chi connectivity index (χ2n) is 9.91. The van der Waals surface area contributed by atoms with E-state index in [-0.39, 0.29) is 6.04 Å². The fourth-order valence-corrected chi connectivity index (χ4v) is 5.64. The molecule has 6 nitrogen and oxygen atoms in total. The fourth-order valence-electron chi connectivity index (χ4n) is 5.44. The highest BCUT2D eigenvalue weighted by Gasteiger charge is 2.51. The van der Waals surface area contributed by atoms with Crippen LogP contribution in [0.4, 0.5) is 5.69 Å². The molecule has 190 valence electrons. The van der Waals surface area contributed by atoms with Gasteiger partial charge in [-0.25, -0.2) is 0 Å². The number of aliphatic hydroxyl groups is 3. The van der Waals surface area contributed by atoms with Crippen molar-refractivity contribution in [2.75, 3.05) is 18.4 Å². The first-order chi connectivity index (χ1) is 17.0. The molecule has 5 N–H and O–H groups in total. The quantitative estimate of drug-likeness (QED) is 0.267. The minimum atomic E-state index is -0.943. The van der Waals surface area contributed by atoms with Crippen LogP contribution in [-0.2, 0) is 6.42 Å². The maximum atomic E-state index is 10.5. The predicted octanol–water partition coefficient (Wildman–Crippen LogP) is 3.69. The van der Waals surface area contributed by atoms with Gasteiger partial charge in [0, 0.05) is 12.2 Å². The third-order valence-corrected chi connectivity index (χ3v) is 7.68. The molecule has 0 aromatic heterocycles. The van der Waals surface area contributed by atoms with E-state index in [1.165, 1.54) is 36.8 Å². The Morgan fingerprint density at radius 1 is 0.943 bits per heavy atom. The normalized spacial score (nSPS) is 26.3. The molecule has 35 heavy (non-hydrogen) atoms. The standard InChI is InChI=1S/C28H39N3O3S/c1-2-3-4-5-7-19-9-11-20(12-10-19)21-13-15-22(16-14-21)30-28(35)29-18-23-26(33)27(34)25-24(32)8-6-17-31(23)25/h9-16,23-27,32-34H,2-8,17-18H2,1H3,(H2,29,30,35)/t23-,24-,25-,26-,27+/m1/s1. The first kappa shape index (κ1) is 26.0. The average molecular weight is 498 g/mol. The summed E-state index contributed by atoms with van der Waals surface area (Å²) >= 11 is 5.47. The Kier molecular flexibility index (Phi) is 9.14. The number of nitrogens with one attached hydrogen (secondary N) is 2. The van der Waals surface area contributed by atoms with Crippen LogP contribution in [0.15, 0.2) is 48.5 Å². The van der Waals surface area contributed by atoms with Gasteiger partial charge in [0.2, 0.25) is 0 Å². The first-order valence-electron chi connectivity index (χ1n) is 13.0. The van der Waals surface area contributed by atoms with E-state index in [1.54, 1.807) is 0 Å². The van der Waals surface area contributed by atoms with Crippen LogP contribution in [0, 0.1) is 0 Å². The molecule has 0 unspecified atom stereocenters. The van der Waals surface area contributed by atoms with Gasteiger partial charge in [-0.15, -0.1) is 0 Å². The molecule has 2 heterocycles. The molecular weight excluding hydrogens is 458 g/mol. The van der Waals surface area contributed by atoms with Crippen molar-refractivity contribution in [2.24, 2.45) is 0 Å². The number of hydrogen-bond acceptors (Lipinski definition) is 5. The summed E-state index contributed by atoms with van der Waals surface area (Å²) in [6.45, 7) is 3.39. The van der Waals surface area contributed by atoms with Gasteiger partial charge in [0.05, 0.1) is 30.4 Å². The maximum absolute atomic E-state index is 10.5. The molecule has 2 saturated heterocycles. The molecule has 7 heteroatoms. The number of fused-ring (bicyclic) bond motifs is 1. The monoisotopic (exact) mass is 497 g/mol. The fraction of sp³-hybridized carbons (Fsp3) is 0.536. The highest BCUT2D eigenvalue weighted by Crippen LogP contribution is 2.32. The summed E-state index contributed by atoms with van der Waals surface area (Å²) in [4.78, 5) is 2.02. The van der Waals surface area contributed by atoms with E-state index >= 15 is 0 Å². The van der Waals surface area contributed by atoms with Gasteiger partial charge >= 0.3 is 0 Å². The van der Waals surface area contributed by atoms with Crippen LogP contribution in [-0.4, -0.2) is 68.8 Å². The number of anilines is 1. The van der Waals surface area contributed by atoms with Crippen LogP contribution in [0.25, 0.3) is 11.1 Å². The Bertz CT molecular complexity index is 953. The lowest BCUT2D eigenvalue weighted by Crippen LogP contribution is -2.52. The summed E-state index contributed by atoms with van der Waals surface area (Å²) < 4.78 is 0. The summed E-state index contributed by atoms with van der Waals surface area (Å²) in [5.41, 5.74) is 4.63. The summed E-state index contributed by atoms with van der Waals surface area (Å²) in [6.07, 6.45) is 5.32. The Hall–Kier alpha value is -2.03. The molecule has 0 bridgehead atoms. The Morgan fingerprint density at radius 3 is 2.31 bits per heavy atom. The van der Waals surface area contributed by atoms with E-state index in [0.717, 1.165) is 30.6 Å². The predicted molar refractivity (Wildman–Crippen MR) is 145 cm³/mol. The van der Waals surface area contributed by atoms with E-state index in [0.29, 0.717) is 18.1 Å². The number of nitrogens with zero attached hydrogens (tertiary/aromatic N) is 1. The Morgan fingerprint density at radius 2 is 1.63 bits per heavy atom. The molecule has 2 aliphatic rings. The molecule has 4 rings (SSSR count). The maximum Gasteiger partial charge on any atom is 0.170 e. The van der Waals surface area contributed by atoms with E-state index in [9.17, 15) is 15.3 Å². The molecule has 2 fully saturated rings. The van der Waals surface area contributed by atoms with Crippen molar-refractivity contribution < 1.29 is 15.3 Å². The van der Waals surface area contributed by atoms with Crippen molar-refractivity contribution in [3.63, 3.8) is 0 Å². The number of piperidine rings is 1. The lowest BCUT2D eigenvalue weighted by molar-refractivity contribution is -0.0291. The highest BCUT2D eigenvalue weighted by atomic mass is 32.1. The number of unbranched alkanes of at least 4 members (excludes halogenated alkanes) is 3. The van der Waals surface area contributed by atoms with Crippen molar-refractivity contribution in [3.05, 3.63) is 54.1 Å². The third kappa shape index (κ3) is 6.40. The zero-order valence-corrected chi connectivity index (χ0v) is 21.4. The van der Waals surface area contributed by atoms with Gasteiger partial charge < -0.3 is 26.0 Å². The van der Waals surface area contributed by atoms with Crippen molar-refractivity contribution in [1.29, 1.82) is 0 Å². The SMILES string of the molecule is CCCCCCc1ccc(-c2ccc(NC(=S)NC[C@@H]3[C@@H](O)[C@@H](O)[C@H]4[C@H](O)CCCN43)cc2)cc1. The zero-order valence-electron chi connectivity index (χ0n) is 20.6. The zero-order chi connectivity index (χ0) is 24.8. The number of hydrogen-bond donors (Lipinski definition) is 5. The number of thiocarbonyl (C=S) groups is 1. The second kappa shape index (κ2) is 12.3. The molecule has 0 aliphatic carbocycles. The van der Waals surface area contributed by atoms with Gasteiger partial charge in [0.25, 0.3) is 0 Å². The summed E-state index contributed by atoms with van der Waals surface area (Å²) in [5.74, 6) is 0. The lowest BCUT2D eigenvalue weighted by Gasteiger charge is -2.37. The largest absolute Gasteiger partial charge is 0.391 e. The van der Waals surface area contributed by atoms with Crippen LogP contribution in [0.3, 0.4) is 0 Å². The topological polar surface area (TPSA) is 88.0 Å². The van der Waals surface area contributed by atoms with Crippen LogP contribution in [0.2, 0.25) is 0 Å². The van der Waals surface area contributed by atoms with Crippen LogP contribution in [0.5, 0.6) is 0 Å². The number of benzene rings is 2.